The highest BCUT2D eigenvalue weighted by atomic mass is 16.2. The van der Waals surface area contributed by atoms with Crippen molar-refractivity contribution in [1.29, 1.82) is 5.26 Å². The number of hydrogen-bond donors (Lipinski definition) is 0. The second-order valence-corrected chi connectivity index (χ2v) is 7.34. The maximum Gasteiger partial charge on any atom is 0.222 e. The Kier molecular flexibility index (Phi) is 5.52. The number of rotatable bonds is 5. The lowest BCUT2D eigenvalue weighted by Crippen LogP contribution is -2.35. The van der Waals surface area contributed by atoms with Crippen LogP contribution in [-0.2, 0) is 11.3 Å². The fraction of sp³-hybridized carbons (Fsp3) is 0.600. The molecule has 0 aromatic heterocycles. The van der Waals surface area contributed by atoms with Crippen molar-refractivity contribution in [1.82, 2.24) is 9.80 Å². The molecule has 0 unspecified atom stereocenters. The fourth-order valence-electron chi connectivity index (χ4n) is 3.56. The van der Waals surface area contributed by atoms with E-state index in [-0.39, 0.29) is 0 Å². The van der Waals surface area contributed by atoms with Gasteiger partial charge < -0.3 is 4.90 Å². The highest BCUT2D eigenvalue weighted by Crippen LogP contribution is 2.38. The Hall–Kier alpha value is -1.86. The van der Waals surface area contributed by atoms with Crippen molar-refractivity contribution < 1.29 is 4.79 Å². The van der Waals surface area contributed by atoms with Gasteiger partial charge in [0.15, 0.2) is 0 Å². The molecule has 3 rings (SSSR count). The molecule has 1 atom stereocenters. The van der Waals surface area contributed by atoms with Crippen LogP contribution in [0.3, 0.4) is 0 Å². The molecule has 1 aliphatic carbocycles. The monoisotopic (exact) mass is 325 g/mol. The van der Waals surface area contributed by atoms with Crippen molar-refractivity contribution >= 4 is 5.91 Å². The van der Waals surface area contributed by atoms with E-state index in [2.05, 4.69) is 22.8 Å². The van der Waals surface area contributed by atoms with E-state index in [0.29, 0.717) is 17.4 Å². The summed E-state index contributed by atoms with van der Waals surface area (Å²) < 4.78 is 0. The summed E-state index contributed by atoms with van der Waals surface area (Å²) in [5.41, 5.74) is 1.94. The fourth-order valence-corrected chi connectivity index (χ4v) is 3.56. The first-order valence-electron chi connectivity index (χ1n) is 9.15. The van der Waals surface area contributed by atoms with E-state index in [0.717, 1.165) is 51.5 Å². The van der Waals surface area contributed by atoms with Crippen LogP contribution in [0, 0.1) is 23.2 Å². The summed E-state index contributed by atoms with van der Waals surface area (Å²) in [5, 5.41) is 8.87. The molecular weight excluding hydrogens is 298 g/mol. The lowest BCUT2D eigenvalue weighted by atomic mass is 10.0. The molecule has 1 aromatic rings. The molecule has 24 heavy (non-hydrogen) atoms. The first kappa shape index (κ1) is 17.0. The molecule has 1 amide bonds. The Morgan fingerprint density at radius 3 is 2.62 bits per heavy atom. The molecule has 0 radical (unpaired) electrons. The zero-order valence-corrected chi connectivity index (χ0v) is 14.6. The van der Waals surface area contributed by atoms with Crippen LogP contribution in [0.25, 0.3) is 0 Å². The highest BCUT2D eigenvalue weighted by molar-refractivity contribution is 5.76. The first-order chi connectivity index (χ1) is 11.7. The van der Waals surface area contributed by atoms with Crippen molar-refractivity contribution in [2.45, 2.75) is 39.2 Å². The van der Waals surface area contributed by atoms with Crippen LogP contribution < -0.4 is 0 Å². The largest absolute Gasteiger partial charge is 0.341 e. The lowest BCUT2D eigenvalue weighted by Gasteiger charge is -2.23. The van der Waals surface area contributed by atoms with Gasteiger partial charge in [-0.25, -0.2) is 0 Å². The van der Waals surface area contributed by atoms with Gasteiger partial charge in [0.2, 0.25) is 5.91 Å². The third-order valence-corrected chi connectivity index (χ3v) is 5.35. The molecule has 4 nitrogen and oxygen atoms in total. The van der Waals surface area contributed by atoms with Gasteiger partial charge in [0, 0.05) is 39.1 Å². The van der Waals surface area contributed by atoms with Crippen LogP contribution in [0.5, 0.6) is 0 Å². The van der Waals surface area contributed by atoms with Crippen molar-refractivity contribution in [3.8, 4) is 6.07 Å². The Labute approximate surface area is 145 Å². The van der Waals surface area contributed by atoms with Crippen molar-refractivity contribution in [2.24, 2.45) is 11.8 Å². The summed E-state index contributed by atoms with van der Waals surface area (Å²) in [7, 11) is 0. The smallest absolute Gasteiger partial charge is 0.222 e. The number of amides is 1. The lowest BCUT2D eigenvalue weighted by molar-refractivity contribution is -0.132. The average molecular weight is 325 g/mol. The maximum absolute atomic E-state index is 12.5. The Morgan fingerprint density at radius 1 is 1.21 bits per heavy atom. The van der Waals surface area contributed by atoms with Gasteiger partial charge in [-0.3, -0.25) is 9.69 Å². The van der Waals surface area contributed by atoms with Crippen molar-refractivity contribution in [2.75, 3.05) is 26.2 Å². The van der Waals surface area contributed by atoms with E-state index >= 15 is 0 Å². The number of carbonyl (C=O) groups excluding carboxylic acids is 1. The highest BCUT2D eigenvalue weighted by Gasteiger charge is 2.30. The van der Waals surface area contributed by atoms with Crippen LogP contribution >= 0.6 is 0 Å². The first-order valence-corrected chi connectivity index (χ1v) is 9.15. The van der Waals surface area contributed by atoms with Crippen LogP contribution in [0.1, 0.15) is 43.7 Å². The molecule has 0 N–H and O–H groups in total. The van der Waals surface area contributed by atoms with Crippen LogP contribution in [0.15, 0.2) is 24.3 Å². The standard InChI is InChI=1S/C20H27N3O/c1-16(19-7-8-19)13-20(24)23-10-2-9-22(11-12-23)15-18-5-3-17(14-21)4-6-18/h3-6,16,19H,2,7-13,15H2,1H3/t16-/m1/s1. The van der Waals surface area contributed by atoms with E-state index < -0.39 is 0 Å². The Bertz CT molecular complexity index is 600. The molecule has 1 heterocycles. The molecule has 0 spiro atoms. The number of carbonyl (C=O) groups is 1. The predicted molar refractivity (Wildman–Crippen MR) is 94.1 cm³/mol. The third kappa shape index (κ3) is 4.58. The van der Waals surface area contributed by atoms with Gasteiger partial charge in [-0.2, -0.15) is 5.26 Å². The maximum atomic E-state index is 12.5. The van der Waals surface area contributed by atoms with Gasteiger partial charge in [0.05, 0.1) is 11.6 Å². The number of hydrogen-bond acceptors (Lipinski definition) is 3. The summed E-state index contributed by atoms with van der Waals surface area (Å²) in [6.45, 7) is 6.81. The van der Waals surface area contributed by atoms with E-state index in [9.17, 15) is 4.79 Å². The van der Waals surface area contributed by atoms with Gasteiger partial charge in [0.1, 0.15) is 0 Å². The molecule has 1 saturated carbocycles. The van der Waals surface area contributed by atoms with Crippen LogP contribution in [-0.4, -0.2) is 41.9 Å². The van der Waals surface area contributed by atoms with Gasteiger partial charge in [0.25, 0.3) is 0 Å². The van der Waals surface area contributed by atoms with Gasteiger partial charge in [-0.1, -0.05) is 19.1 Å². The van der Waals surface area contributed by atoms with E-state index in [4.69, 9.17) is 5.26 Å². The topological polar surface area (TPSA) is 47.3 Å². The minimum Gasteiger partial charge on any atom is -0.341 e. The second kappa shape index (κ2) is 7.81. The molecular formula is C20H27N3O. The third-order valence-electron chi connectivity index (χ3n) is 5.35. The Morgan fingerprint density at radius 2 is 1.96 bits per heavy atom. The quantitative estimate of drug-likeness (QED) is 0.836. The van der Waals surface area contributed by atoms with Gasteiger partial charge >= 0.3 is 0 Å². The summed E-state index contributed by atoms with van der Waals surface area (Å²) >= 11 is 0. The average Bonchev–Trinajstić information content (AvgIpc) is 3.43. The number of nitrogens with zero attached hydrogens (tertiary/aromatic N) is 3. The van der Waals surface area contributed by atoms with Crippen molar-refractivity contribution in [3.63, 3.8) is 0 Å². The SMILES string of the molecule is C[C@H](CC(=O)N1CCCN(Cc2ccc(C#N)cc2)CC1)C1CC1. The molecule has 2 aliphatic rings. The summed E-state index contributed by atoms with van der Waals surface area (Å²) in [4.78, 5) is 17.0. The molecule has 4 heteroatoms. The van der Waals surface area contributed by atoms with Crippen LogP contribution in [0.2, 0.25) is 0 Å². The minimum absolute atomic E-state index is 0.342. The van der Waals surface area contributed by atoms with E-state index in [1.807, 2.05) is 24.3 Å². The van der Waals surface area contributed by atoms with Crippen LogP contribution in [0.4, 0.5) is 0 Å². The van der Waals surface area contributed by atoms with Gasteiger partial charge in [-0.15, -0.1) is 0 Å². The molecule has 1 aromatic carbocycles. The second-order valence-electron chi connectivity index (χ2n) is 7.34. The summed E-state index contributed by atoms with van der Waals surface area (Å²) in [5.74, 6) is 1.69. The predicted octanol–water partition coefficient (Wildman–Crippen LogP) is 3.03. The minimum atomic E-state index is 0.342. The summed E-state index contributed by atoms with van der Waals surface area (Å²) in [6, 6.07) is 9.97. The molecule has 2 fully saturated rings. The molecule has 1 aliphatic heterocycles. The zero-order chi connectivity index (χ0) is 16.9. The normalized spacial score (nSPS) is 20.2. The molecule has 0 bridgehead atoms. The van der Waals surface area contributed by atoms with Crippen molar-refractivity contribution in [3.05, 3.63) is 35.4 Å². The summed E-state index contributed by atoms with van der Waals surface area (Å²) in [6.07, 6.45) is 4.39. The van der Waals surface area contributed by atoms with Gasteiger partial charge in [-0.05, 0) is 48.8 Å². The zero-order valence-electron chi connectivity index (χ0n) is 14.6. The number of benzene rings is 1. The molecule has 128 valence electrons. The van der Waals surface area contributed by atoms with E-state index in [1.54, 1.807) is 0 Å². The molecule has 1 saturated heterocycles. The Balaban J connectivity index is 1.48. The van der Waals surface area contributed by atoms with E-state index in [1.165, 1.54) is 18.4 Å². The number of nitriles is 1.